The summed E-state index contributed by atoms with van der Waals surface area (Å²) in [5.41, 5.74) is 1.10. The molecule has 0 aliphatic rings. The fourth-order valence-electron chi connectivity index (χ4n) is 1.32. The quantitative estimate of drug-likeness (QED) is 0.766. The van der Waals surface area contributed by atoms with Crippen molar-refractivity contribution in [3.8, 4) is 23.3 Å². The second kappa shape index (κ2) is 6.76. The van der Waals surface area contributed by atoms with Gasteiger partial charge in [0.2, 0.25) is 0 Å². The Labute approximate surface area is 96.8 Å². The topological polar surface area (TPSA) is 30.5 Å². The van der Waals surface area contributed by atoms with E-state index in [-0.39, 0.29) is 0 Å². The monoisotopic (exact) mass is 219 g/mol. The maximum atomic E-state index is 5.58. The fraction of sp³-hybridized carbons (Fsp3) is 0.385. The Kier molecular flexibility index (Phi) is 5.24. The number of hydrogen-bond acceptors (Lipinski definition) is 3. The molecule has 0 unspecified atom stereocenters. The summed E-state index contributed by atoms with van der Waals surface area (Å²) in [5.74, 6) is 7.27. The van der Waals surface area contributed by atoms with Gasteiger partial charge in [0.15, 0.2) is 0 Å². The van der Waals surface area contributed by atoms with E-state index < -0.39 is 0 Å². The molecule has 0 aliphatic heterocycles. The van der Waals surface area contributed by atoms with Crippen molar-refractivity contribution < 1.29 is 9.47 Å². The molecule has 0 saturated heterocycles. The second-order valence-electron chi connectivity index (χ2n) is 3.22. The fourth-order valence-corrected chi connectivity index (χ4v) is 1.32. The van der Waals surface area contributed by atoms with Crippen LogP contribution < -0.4 is 14.8 Å². The first kappa shape index (κ1) is 12.4. The molecule has 0 bridgehead atoms. The molecule has 0 atom stereocenters. The molecule has 1 rings (SSSR count). The highest BCUT2D eigenvalue weighted by atomic mass is 16.5. The van der Waals surface area contributed by atoms with Gasteiger partial charge in [-0.25, -0.2) is 0 Å². The van der Waals surface area contributed by atoms with E-state index >= 15 is 0 Å². The van der Waals surface area contributed by atoms with Crippen molar-refractivity contribution in [2.75, 3.05) is 20.8 Å². The van der Waals surface area contributed by atoms with Gasteiger partial charge in [0.25, 0.3) is 0 Å². The summed E-state index contributed by atoms with van der Waals surface area (Å²) in [4.78, 5) is 0. The minimum Gasteiger partial charge on any atom is -0.497 e. The van der Waals surface area contributed by atoms with Gasteiger partial charge in [0.1, 0.15) is 18.1 Å². The summed E-state index contributed by atoms with van der Waals surface area (Å²) in [6.45, 7) is 2.96. The molecule has 0 amide bonds. The Morgan fingerprint density at radius 1 is 1.38 bits per heavy atom. The van der Waals surface area contributed by atoms with E-state index in [1.807, 2.05) is 25.2 Å². The molecule has 0 radical (unpaired) electrons. The first-order chi connectivity index (χ1) is 7.81. The van der Waals surface area contributed by atoms with E-state index in [0.717, 1.165) is 23.6 Å². The van der Waals surface area contributed by atoms with E-state index in [2.05, 4.69) is 17.2 Å². The lowest BCUT2D eigenvalue weighted by Gasteiger charge is -2.11. The van der Waals surface area contributed by atoms with Crippen LogP contribution in [0.5, 0.6) is 11.5 Å². The zero-order chi connectivity index (χ0) is 11.8. The highest BCUT2D eigenvalue weighted by molar-refractivity contribution is 5.40. The van der Waals surface area contributed by atoms with Gasteiger partial charge in [-0.1, -0.05) is 12.0 Å². The predicted octanol–water partition coefficient (Wildman–Crippen LogP) is 1.82. The third kappa shape index (κ3) is 3.48. The molecular formula is C13H17NO2. The van der Waals surface area contributed by atoms with Crippen LogP contribution in [0, 0.1) is 11.8 Å². The molecule has 0 heterocycles. The van der Waals surface area contributed by atoms with E-state index in [9.17, 15) is 0 Å². The minimum atomic E-state index is 0.403. The smallest absolute Gasteiger partial charge is 0.149 e. The molecule has 0 fully saturated rings. The van der Waals surface area contributed by atoms with Gasteiger partial charge in [0, 0.05) is 18.2 Å². The third-order valence-corrected chi connectivity index (χ3v) is 2.12. The molecule has 1 N–H and O–H groups in total. The molecule has 3 nitrogen and oxygen atoms in total. The Bertz CT molecular complexity index is 391. The normalized spacial score (nSPS) is 9.19. The zero-order valence-corrected chi connectivity index (χ0v) is 9.96. The van der Waals surface area contributed by atoms with Gasteiger partial charge in [-0.3, -0.25) is 0 Å². The molecular weight excluding hydrogens is 202 g/mol. The Morgan fingerprint density at radius 3 is 2.81 bits per heavy atom. The Balaban J connectivity index is 2.84. The van der Waals surface area contributed by atoms with Crippen molar-refractivity contribution in [1.82, 2.24) is 5.32 Å². The van der Waals surface area contributed by atoms with Crippen LogP contribution in [0.4, 0.5) is 0 Å². The van der Waals surface area contributed by atoms with Crippen LogP contribution in [-0.4, -0.2) is 20.8 Å². The number of rotatable bonds is 5. The van der Waals surface area contributed by atoms with Crippen LogP contribution in [0.25, 0.3) is 0 Å². The summed E-state index contributed by atoms with van der Waals surface area (Å²) in [5, 5.41) is 3.10. The standard InChI is InChI=1S/C13H17NO2/c1-4-5-8-16-13-9-12(15-3)7-6-11(13)10-14-2/h6-7,9,14H,8,10H2,1-3H3. The van der Waals surface area contributed by atoms with Crippen molar-refractivity contribution in [2.24, 2.45) is 0 Å². The molecule has 1 aromatic carbocycles. The molecule has 86 valence electrons. The molecule has 0 spiro atoms. The van der Waals surface area contributed by atoms with E-state index in [4.69, 9.17) is 9.47 Å². The lowest BCUT2D eigenvalue weighted by atomic mass is 10.2. The summed E-state index contributed by atoms with van der Waals surface area (Å²) in [6.07, 6.45) is 0. The van der Waals surface area contributed by atoms with Crippen molar-refractivity contribution >= 4 is 0 Å². The predicted molar refractivity (Wildman–Crippen MR) is 64.7 cm³/mol. The van der Waals surface area contributed by atoms with E-state index in [1.54, 1.807) is 14.0 Å². The number of ether oxygens (including phenoxy) is 2. The van der Waals surface area contributed by atoms with Crippen molar-refractivity contribution in [2.45, 2.75) is 13.5 Å². The summed E-state index contributed by atoms with van der Waals surface area (Å²) >= 11 is 0. The highest BCUT2D eigenvalue weighted by Gasteiger charge is 2.04. The van der Waals surface area contributed by atoms with Crippen molar-refractivity contribution in [3.63, 3.8) is 0 Å². The van der Waals surface area contributed by atoms with Crippen LogP contribution in [0.2, 0.25) is 0 Å². The van der Waals surface area contributed by atoms with Crippen LogP contribution in [0.15, 0.2) is 18.2 Å². The second-order valence-corrected chi connectivity index (χ2v) is 3.22. The SMILES string of the molecule is CC#CCOc1cc(OC)ccc1CNC. The molecule has 0 aromatic heterocycles. The number of benzene rings is 1. The first-order valence-electron chi connectivity index (χ1n) is 5.15. The summed E-state index contributed by atoms with van der Waals surface area (Å²) in [7, 11) is 3.54. The molecule has 16 heavy (non-hydrogen) atoms. The third-order valence-electron chi connectivity index (χ3n) is 2.12. The largest absolute Gasteiger partial charge is 0.497 e. The summed E-state index contributed by atoms with van der Waals surface area (Å²) in [6, 6.07) is 5.79. The maximum absolute atomic E-state index is 5.58. The first-order valence-corrected chi connectivity index (χ1v) is 5.15. The Hall–Kier alpha value is -1.66. The number of nitrogens with one attached hydrogen (secondary N) is 1. The zero-order valence-electron chi connectivity index (χ0n) is 9.96. The van der Waals surface area contributed by atoms with Gasteiger partial charge in [-0.2, -0.15) is 0 Å². The molecule has 1 aromatic rings. The molecule has 0 aliphatic carbocycles. The number of hydrogen-bond donors (Lipinski definition) is 1. The van der Waals surface area contributed by atoms with Gasteiger partial charge in [-0.15, -0.1) is 5.92 Å². The van der Waals surface area contributed by atoms with Gasteiger partial charge < -0.3 is 14.8 Å². The van der Waals surface area contributed by atoms with Gasteiger partial charge in [-0.05, 0) is 20.0 Å². The number of methoxy groups -OCH3 is 1. The Morgan fingerprint density at radius 2 is 2.19 bits per heavy atom. The average molecular weight is 219 g/mol. The average Bonchev–Trinajstić information content (AvgIpc) is 2.31. The lowest BCUT2D eigenvalue weighted by molar-refractivity contribution is 0.358. The van der Waals surface area contributed by atoms with Crippen LogP contribution in [0.1, 0.15) is 12.5 Å². The molecule has 0 saturated carbocycles. The van der Waals surface area contributed by atoms with Crippen LogP contribution in [0.3, 0.4) is 0 Å². The van der Waals surface area contributed by atoms with Gasteiger partial charge >= 0.3 is 0 Å². The lowest BCUT2D eigenvalue weighted by Crippen LogP contribution is -2.07. The maximum Gasteiger partial charge on any atom is 0.149 e. The van der Waals surface area contributed by atoms with Crippen molar-refractivity contribution in [3.05, 3.63) is 23.8 Å². The van der Waals surface area contributed by atoms with Crippen LogP contribution in [-0.2, 0) is 6.54 Å². The van der Waals surface area contributed by atoms with E-state index in [1.165, 1.54) is 0 Å². The van der Waals surface area contributed by atoms with Gasteiger partial charge in [0.05, 0.1) is 7.11 Å². The van der Waals surface area contributed by atoms with Crippen LogP contribution >= 0.6 is 0 Å². The van der Waals surface area contributed by atoms with E-state index in [0.29, 0.717) is 6.61 Å². The molecule has 3 heteroatoms. The minimum absolute atomic E-state index is 0.403. The van der Waals surface area contributed by atoms with Crippen molar-refractivity contribution in [1.29, 1.82) is 0 Å². The highest BCUT2D eigenvalue weighted by Crippen LogP contribution is 2.24. The summed E-state index contributed by atoms with van der Waals surface area (Å²) < 4.78 is 10.7.